The summed E-state index contributed by atoms with van der Waals surface area (Å²) in [6.45, 7) is 2.33. The lowest BCUT2D eigenvalue weighted by Gasteiger charge is -2.13. The Morgan fingerprint density at radius 3 is 2.68 bits per heavy atom. The third-order valence-electron chi connectivity index (χ3n) is 3.39. The molecule has 0 saturated heterocycles. The predicted molar refractivity (Wildman–Crippen MR) is 82.6 cm³/mol. The molecule has 3 nitrogen and oxygen atoms in total. The molecular formula is C18H18FNO2. The maximum Gasteiger partial charge on any atom is 0.161 e. The van der Waals surface area contributed by atoms with Gasteiger partial charge in [0.25, 0.3) is 0 Å². The second kappa shape index (κ2) is 7.46. The number of hydrogen-bond donors (Lipinski definition) is 0. The molecule has 0 spiro atoms. The highest BCUT2D eigenvalue weighted by Crippen LogP contribution is 2.28. The molecule has 0 fully saturated rings. The fourth-order valence-corrected chi connectivity index (χ4v) is 2.21. The first-order chi connectivity index (χ1) is 10.6. The Morgan fingerprint density at radius 2 is 2.00 bits per heavy atom. The van der Waals surface area contributed by atoms with Crippen molar-refractivity contribution in [1.82, 2.24) is 0 Å². The zero-order valence-corrected chi connectivity index (χ0v) is 12.7. The largest absolute Gasteiger partial charge is 0.493 e. The summed E-state index contributed by atoms with van der Waals surface area (Å²) >= 11 is 0. The van der Waals surface area contributed by atoms with Crippen LogP contribution in [0.25, 0.3) is 0 Å². The van der Waals surface area contributed by atoms with Crippen molar-refractivity contribution in [2.24, 2.45) is 0 Å². The van der Waals surface area contributed by atoms with Crippen LogP contribution in [0, 0.1) is 24.1 Å². The van der Waals surface area contributed by atoms with Gasteiger partial charge in [-0.15, -0.1) is 0 Å². The Labute approximate surface area is 129 Å². The fraction of sp³-hybridized carbons (Fsp3) is 0.278. The number of halogens is 1. The molecule has 4 heteroatoms. The molecule has 2 rings (SSSR count). The molecule has 0 radical (unpaired) electrons. The Kier molecular flexibility index (Phi) is 5.37. The van der Waals surface area contributed by atoms with Gasteiger partial charge in [-0.25, -0.2) is 4.39 Å². The van der Waals surface area contributed by atoms with Crippen LogP contribution >= 0.6 is 0 Å². The van der Waals surface area contributed by atoms with Crippen LogP contribution in [0.1, 0.15) is 23.5 Å². The minimum absolute atomic E-state index is 0.334. The van der Waals surface area contributed by atoms with E-state index in [1.165, 1.54) is 12.1 Å². The van der Waals surface area contributed by atoms with Crippen LogP contribution in [0.15, 0.2) is 42.5 Å². The van der Waals surface area contributed by atoms with Gasteiger partial charge in [-0.1, -0.05) is 18.2 Å². The van der Waals surface area contributed by atoms with E-state index >= 15 is 0 Å². The van der Waals surface area contributed by atoms with Crippen molar-refractivity contribution >= 4 is 0 Å². The van der Waals surface area contributed by atoms with E-state index in [4.69, 9.17) is 9.47 Å². The molecule has 0 amide bonds. The maximum atomic E-state index is 13.2. The molecule has 114 valence electrons. The average Bonchev–Trinajstić information content (AvgIpc) is 2.52. The van der Waals surface area contributed by atoms with E-state index in [9.17, 15) is 9.65 Å². The summed E-state index contributed by atoms with van der Waals surface area (Å²) in [6, 6.07) is 14.0. The van der Waals surface area contributed by atoms with Crippen molar-refractivity contribution in [1.29, 1.82) is 5.26 Å². The van der Waals surface area contributed by atoms with E-state index in [1.807, 2.05) is 25.1 Å². The fourth-order valence-electron chi connectivity index (χ4n) is 2.21. The molecule has 22 heavy (non-hydrogen) atoms. The number of ether oxygens (including phenoxy) is 2. The molecule has 2 aromatic rings. The second-order valence-corrected chi connectivity index (χ2v) is 5.03. The highest BCUT2D eigenvalue weighted by molar-refractivity contribution is 5.42. The van der Waals surface area contributed by atoms with Gasteiger partial charge in [0.1, 0.15) is 5.82 Å². The third kappa shape index (κ3) is 3.98. The van der Waals surface area contributed by atoms with Gasteiger partial charge in [0.15, 0.2) is 11.5 Å². The van der Waals surface area contributed by atoms with Gasteiger partial charge in [0.05, 0.1) is 25.7 Å². The van der Waals surface area contributed by atoms with Crippen LogP contribution in [0.2, 0.25) is 0 Å². The molecular weight excluding hydrogens is 281 g/mol. The minimum atomic E-state index is -0.396. The summed E-state index contributed by atoms with van der Waals surface area (Å²) in [5, 5.41) is 9.25. The number of nitriles is 1. The van der Waals surface area contributed by atoms with E-state index in [1.54, 1.807) is 19.2 Å². The molecule has 1 atom stereocenters. The van der Waals surface area contributed by atoms with Crippen molar-refractivity contribution < 1.29 is 13.9 Å². The number of methoxy groups -OCH3 is 1. The molecule has 0 aromatic heterocycles. The predicted octanol–water partition coefficient (Wildman–Crippen LogP) is 4.22. The molecule has 1 unspecified atom stereocenters. The normalized spacial score (nSPS) is 11.5. The molecule has 0 aliphatic heterocycles. The quantitative estimate of drug-likeness (QED) is 0.802. The average molecular weight is 299 g/mol. The van der Waals surface area contributed by atoms with Crippen LogP contribution in [-0.4, -0.2) is 13.7 Å². The molecule has 0 heterocycles. The lowest BCUT2D eigenvalue weighted by atomic mass is 9.98. The standard InChI is InChI=1S/C18H18FNO2/c1-13-6-7-17(18(10-13)21-2)22-9-8-15(12-20)14-4-3-5-16(19)11-14/h3-7,10-11,15H,8-9H2,1-2H3. The summed E-state index contributed by atoms with van der Waals surface area (Å²) < 4.78 is 24.2. The second-order valence-electron chi connectivity index (χ2n) is 5.03. The molecule has 0 aliphatic rings. The highest BCUT2D eigenvalue weighted by atomic mass is 19.1. The molecule has 0 bridgehead atoms. The van der Waals surface area contributed by atoms with Gasteiger partial charge < -0.3 is 9.47 Å². The molecule has 0 aliphatic carbocycles. The number of nitrogens with zero attached hydrogens (tertiary/aromatic N) is 1. The third-order valence-corrected chi connectivity index (χ3v) is 3.39. The number of hydrogen-bond acceptors (Lipinski definition) is 3. The van der Waals surface area contributed by atoms with Crippen LogP contribution in [0.4, 0.5) is 4.39 Å². The summed E-state index contributed by atoms with van der Waals surface area (Å²) in [7, 11) is 1.59. The first-order valence-corrected chi connectivity index (χ1v) is 7.06. The lowest BCUT2D eigenvalue weighted by Crippen LogP contribution is -2.05. The van der Waals surface area contributed by atoms with E-state index < -0.39 is 5.92 Å². The van der Waals surface area contributed by atoms with E-state index in [-0.39, 0.29) is 5.82 Å². The van der Waals surface area contributed by atoms with Gasteiger partial charge in [0, 0.05) is 6.42 Å². The van der Waals surface area contributed by atoms with Crippen molar-refractivity contribution in [3.63, 3.8) is 0 Å². The summed E-state index contributed by atoms with van der Waals surface area (Å²) in [5.74, 6) is 0.578. The Morgan fingerprint density at radius 1 is 1.18 bits per heavy atom. The van der Waals surface area contributed by atoms with Gasteiger partial charge >= 0.3 is 0 Å². The van der Waals surface area contributed by atoms with Crippen LogP contribution in [0.3, 0.4) is 0 Å². The Bertz CT molecular complexity index is 679. The topological polar surface area (TPSA) is 42.2 Å². The smallest absolute Gasteiger partial charge is 0.161 e. The van der Waals surface area contributed by atoms with Gasteiger partial charge in [0.2, 0.25) is 0 Å². The number of aryl methyl sites for hydroxylation is 1. The van der Waals surface area contributed by atoms with E-state index in [2.05, 4.69) is 6.07 Å². The first-order valence-electron chi connectivity index (χ1n) is 7.06. The Hall–Kier alpha value is -2.54. The monoisotopic (exact) mass is 299 g/mol. The number of benzene rings is 2. The summed E-state index contributed by atoms with van der Waals surface area (Å²) in [4.78, 5) is 0. The van der Waals surface area contributed by atoms with Crippen molar-refractivity contribution in [3.8, 4) is 17.6 Å². The maximum absolute atomic E-state index is 13.2. The van der Waals surface area contributed by atoms with Crippen LogP contribution in [0.5, 0.6) is 11.5 Å². The van der Waals surface area contributed by atoms with Gasteiger partial charge in [-0.05, 0) is 42.3 Å². The lowest BCUT2D eigenvalue weighted by molar-refractivity contribution is 0.285. The van der Waals surface area contributed by atoms with Crippen molar-refractivity contribution in [2.75, 3.05) is 13.7 Å². The highest BCUT2D eigenvalue weighted by Gasteiger charge is 2.12. The zero-order chi connectivity index (χ0) is 15.9. The van der Waals surface area contributed by atoms with Crippen LogP contribution in [-0.2, 0) is 0 Å². The van der Waals surface area contributed by atoms with Gasteiger partial charge in [-0.3, -0.25) is 0 Å². The first kappa shape index (κ1) is 15.8. The van der Waals surface area contributed by atoms with E-state index in [0.29, 0.717) is 30.1 Å². The summed E-state index contributed by atoms with van der Waals surface area (Å²) in [5.41, 5.74) is 1.75. The van der Waals surface area contributed by atoms with Crippen molar-refractivity contribution in [3.05, 3.63) is 59.4 Å². The SMILES string of the molecule is COc1cc(C)ccc1OCCC(C#N)c1cccc(F)c1. The minimum Gasteiger partial charge on any atom is -0.493 e. The van der Waals surface area contributed by atoms with Crippen LogP contribution < -0.4 is 9.47 Å². The zero-order valence-electron chi connectivity index (χ0n) is 12.7. The molecule has 0 N–H and O–H groups in total. The van der Waals surface area contributed by atoms with Crippen molar-refractivity contribution in [2.45, 2.75) is 19.3 Å². The number of rotatable bonds is 6. The Balaban J connectivity index is 1.99. The van der Waals surface area contributed by atoms with Gasteiger partial charge in [-0.2, -0.15) is 5.26 Å². The molecule has 0 saturated carbocycles. The molecule has 2 aromatic carbocycles. The summed E-state index contributed by atoms with van der Waals surface area (Å²) in [6.07, 6.45) is 0.483. The van der Waals surface area contributed by atoms with E-state index in [0.717, 1.165) is 5.56 Å².